The standard InChI is InChI=1S/C24H25F3N4O2/c1-23(2,3)33-22(32)28-17-12-13-31(14-17)21-18-6-4-5-7-19(18)29-20(30-21)15-8-10-16(11-9-15)24(25,26)27/h4-11,17H,12-14H2,1-3H3,(H,28,32). The molecular weight excluding hydrogens is 433 g/mol. The van der Waals surface area contributed by atoms with Crippen LogP contribution in [0.3, 0.4) is 0 Å². The number of carbonyl (C=O) groups is 1. The molecule has 1 amide bonds. The fourth-order valence-electron chi connectivity index (χ4n) is 3.78. The van der Waals surface area contributed by atoms with E-state index in [0.717, 1.165) is 17.5 Å². The van der Waals surface area contributed by atoms with Crippen LogP contribution >= 0.6 is 0 Å². The Morgan fingerprint density at radius 3 is 2.42 bits per heavy atom. The van der Waals surface area contributed by atoms with Gasteiger partial charge in [-0.2, -0.15) is 13.2 Å². The van der Waals surface area contributed by atoms with Gasteiger partial charge in [-0.25, -0.2) is 14.8 Å². The molecule has 174 valence electrons. The number of hydrogen-bond acceptors (Lipinski definition) is 5. The number of aromatic nitrogens is 2. The van der Waals surface area contributed by atoms with Gasteiger partial charge in [0.15, 0.2) is 5.82 Å². The van der Waals surface area contributed by atoms with Crippen LogP contribution in [0.4, 0.5) is 23.8 Å². The zero-order valence-electron chi connectivity index (χ0n) is 18.6. The molecule has 0 spiro atoms. The maximum atomic E-state index is 12.9. The van der Waals surface area contributed by atoms with Crippen LogP contribution in [0.25, 0.3) is 22.3 Å². The summed E-state index contributed by atoms with van der Waals surface area (Å²) in [6, 6.07) is 12.2. The number of alkyl halides is 3. The van der Waals surface area contributed by atoms with Crippen molar-refractivity contribution in [3.8, 4) is 11.4 Å². The normalized spacial score (nSPS) is 16.8. The molecule has 1 N–H and O–H groups in total. The van der Waals surface area contributed by atoms with Crippen LogP contribution in [0.5, 0.6) is 0 Å². The number of hydrogen-bond donors (Lipinski definition) is 1. The van der Waals surface area contributed by atoms with Crippen LogP contribution in [0.2, 0.25) is 0 Å². The van der Waals surface area contributed by atoms with Crippen molar-refractivity contribution < 1.29 is 22.7 Å². The minimum Gasteiger partial charge on any atom is -0.444 e. The highest BCUT2D eigenvalue weighted by Gasteiger charge is 2.31. The first-order chi connectivity index (χ1) is 15.5. The van der Waals surface area contributed by atoms with Gasteiger partial charge in [0.25, 0.3) is 0 Å². The lowest BCUT2D eigenvalue weighted by atomic mass is 10.1. The Balaban J connectivity index is 1.61. The van der Waals surface area contributed by atoms with Gasteiger partial charge in [0.2, 0.25) is 0 Å². The van der Waals surface area contributed by atoms with E-state index in [1.54, 1.807) is 0 Å². The quantitative estimate of drug-likeness (QED) is 0.568. The highest BCUT2D eigenvalue weighted by atomic mass is 19.4. The fourth-order valence-corrected chi connectivity index (χ4v) is 3.78. The number of benzene rings is 2. The average Bonchev–Trinajstić information content (AvgIpc) is 3.19. The third-order valence-electron chi connectivity index (χ3n) is 5.26. The van der Waals surface area contributed by atoms with Gasteiger partial charge in [0.1, 0.15) is 11.4 Å². The van der Waals surface area contributed by atoms with Crippen LogP contribution < -0.4 is 10.2 Å². The lowest BCUT2D eigenvalue weighted by molar-refractivity contribution is -0.137. The van der Waals surface area contributed by atoms with E-state index in [2.05, 4.69) is 15.2 Å². The summed E-state index contributed by atoms with van der Waals surface area (Å²) in [4.78, 5) is 23.5. The molecule has 0 radical (unpaired) electrons. The molecule has 1 saturated heterocycles. The Morgan fingerprint density at radius 1 is 1.06 bits per heavy atom. The monoisotopic (exact) mass is 458 g/mol. The van der Waals surface area contributed by atoms with Crippen molar-refractivity contribution in [1.29, 1.82) is 0 Å². The van der Waals surface area contributed by atoms with Gasteiger partial charge in [-0.15, -0.1) is 0 Å². The maximum absolute atomic E-state index is 12.9. The summed E-state index contributed by atoms with van der Waals surface area (Å²) in [6.45, 7) is 6.62. The Hall–Kier alpha value is -3.36. The van der Waals surface area contributed by atoms with Crippen molar-refractivity contribution in [2.24, 2.45) is 0 Å². The van der Waals surface area contributed by atoms with Crippen LogP contribution in [0.15, 0.2) is 48.5 Å². The molecule has 0 saturated carbocycles. The highest BCUT2D eigenvalue weighted by Crippen LogP contribution is 2.33. The van der Waals surface area contributed by atoms with Gasteiger partial charge in [-0.1, -0.05) is 24.3 Å². The number of para-hydroxylation sites is 1. The van der Waals surface area contributed by atoms with Gasteiger partial charge < -0.3 is 15.0 Å². The molecule has 1 atom stereocenters. The summed E-state index contributed by atoms with van der Waals surface area (Å²) in [5.41, 5.74) is -0.108. The van der Waals surface area contributed by atoms with E-state index >= 15 is 0 Å². The number of alkyl carbamates (subject to hydrolysis) is 1. The Kier molecular flexibility index (Phi) is 5.90. The fraction of sp³-hybridized carbons (Fsp3) is 0.375. The lowest BCUT2D eigenvalue weighted by Crippen LogP contribution is -2.40. The zero-order valence-corrected chi connectivity index (χ0v) is 18.6. The highest BCUT2D eigenvalue weighted by molar-refractivity contribution is 5.91. The number of nitrogens with one attached hydrogen (secondary N) is 1. The number of rotatable bonds is 3. The second-order valence-electron chi connectivity index (χ2n) is 9.04. The Bertz CT molecular complexity index is 1160. The molecule has 1 aliphatic rings. The van der Waals surface area contributed by atoms with Gasteiger partial charge in [0.05, 0.1) is 17.1 Å². The van der Waals surface area contributed by atoms with Gasteiger partial charge in [-0.05, 0) is 51.5 Å². The molecule has 2 aromatic carbocycles. The molecular formula is C24H25F3N4O2. The minimum absolute atomic E-state index is 0.108. The van der Waals surface area contributed by atoms with Crippen molar-refractivity contribution >= 4 is 22.8 Å². The molecule has 1 unspecified atom stereocenters. The third-order valence-corrected chi connectivity index (χ3v) is 5.26. The first kappa shape index (κ1) is 22.8. The van der Waals surface area contributed by atoms with E-state index in [1.165, 1.54) is 12.1 Å². The lowest BCUT2D eigenvalue weighted by Gasteiger charge is -2.23. The number of amides is 1. The molecule has 0 bridgehead atoms. The predicted octanol–water partition coefficient (Wildman–Crippen LogP) is 5.42. The summed E-state index contributed by atoms with van der Waals surface area (Å²) in [6.07, 6.45) is -4.15. The number of carbonyl (C=O) groups excluding carboxylic acids is 1. The largest absolute Gasteiger partial charge is 0.444 e. The average molecular weight is 458 g/mol. The third kappa shape index (κ3) is 5.35. The molecule has 2 heterocycles. The minimum atomic E-state index is -4.40. The summed E-state index contributed by atoms with van der Waals surface area (Å²) in [7, 11) is 0. The van der Waals surface area contributed by atoms with E-state index in [-0.39, 0.29) is 6.04 Å². The maximum Gasteiger partial charge on any atom is 0.416 e. The van der Waals surface area contributed by atoms with E-state index in [1.807, 2.05) is 45.0 Å². The number of nitrogens with zero attached hydrogens (tertiary/aromatic N) is 3. The second-order valence-corrected chi connectivity index (χ2v) is 9.04. The summed E-state index contributed by atoms with van der Waals surface area (Å²) >= 11 is 0. The second kappa shape index (κ2) is 8.53. The van der Waals surface area contributed by atoms with Crippen LogP contribution in [0, 0.1) is 0 Å². The number of ether oxygens (including phenoxy) is 1. The first-order valence-corrected chi connectivity index (χ1v) is 10.7. The smallest absolute Gasteiger partial charge is 0.416 e. The van der Waals surface area contributed by atoms with Crippen molar-refractivity contribution in [3.05, 3.63) is 54.1 Å². The summed E-state index contributed by atoms with van der Waals surface area (Å²) in [5, 5.41) is 3.74. The SMILES string of the molecule is CC(C)(C)OC(=O)NC1CCN(c2nc(-c3ccc(C(F)(F)F)cc3)nc3ccccc23)C1. The van der Waals surface area contributed by atoms with Crippen LogP contribution in [-0.2, 0) is 10.9 Å². The van der Waals surface area contributed by atoms with Crippen molar-refractivity contribution in [3.63, 3.8) is 0 Å². The molecule has 9 heteroatoms. The van der Waals surface area contributed by atoms with E-state index in [4.69, 9.17) is 9.72 Å². The number of halogens is 3. The molecule has 0 aliphatic carbocycles. The van der Waals surface area contributed by atoms with Gasteiger partial charge in [0, 0.05) is 24.0 Å². The molecule has 3 aromatic rings. The molecule has 1 aliphatic heterocycles. The van der Waals surface area contributed by atoms with Crippen molar-refractivity contribution in [2.75, 3.05) is 18.0 Å². The molecule has 1 fully saturated rings. The van der Waals surface area contributed by atoms with E-state index in [0.29, 0.717) is 42.2 Å². The molecule has 6 nitrogen and oxygen atoms in total. The van der Waals surface area contributed by atoms with Crippen molar-refractivity contribution in [2.45, 2.75) is 45.0 Å². The number of fused-ring (bicyclic) bond motifs is 1. The molecule has 4 rings (SSSR count). The van der Waals surface area contributed by atoms with Crippen molar-refractivity contribution in [1.82, 2.24) is 15.3 Å². The van der Waals surface area contributed by atoms with Crippen LogP contribution in [-0.4, -0.2) is 40.8 Å². The summed E-state index contributed by atoms with van der Waals surface area (Å²) in [5.74, 6) is 1.03. The van der Waals surface area contributed by atoms with Crippen LogP contribution in [0.1, 0.15) is 32.8 Å². The van der Waals surface area contributed by atoms with E-state index in [9.17, 15) is 18.0 Å². The molecule has 33 heavy (non-hydrogen) atoms. The summed E-state index contributed by atoms with van der Waals surface area (Å²) < 4.78 is 44.2. The molecule has 1 aromatic heterocycles. The predicted molar refractivity (Wildman–Crippen MR) is 120 cm³/mol. The van der Waals surface area contributed by atoms with Gasteiger partial charge >= 0.3 is 12.3 Å². The first-order valence-electron chi connectivity index (χ1n) is 10.7. The number of anilines is 1. The Labute approximate surface area is 189 Å². The Morgan fingerprint density at radius 2 is 1.76 bits per heavy atom. The zero-order chi connectivity index (χ0) is 23.8. The topological polar surface area (TPSA) is 67.3 Å². The van der Waals surface area contributed by atoms with Gasteiger partial charge in [-0.3, -0.25) is 0 Å². The van der Waals surface area contributed by atoms with E-state index < -0.39 is 23.4 Å².